The zero-order chi connectivity index (χ0) is 25.2. The van der Waals surface area contributed by atoms with Crippen molar-refractivity contribution in [3.8, 4) is 12.0 Å². The molecule has 1 amide bonds. The zero-order valence-electron chi connectivity index (χ0n) is 19.6. The molecule has 178 valence electrons. The van der Waals surface area contributed by atoms with Crippen LogP contribution in [0.3, 0.4) is 0 Å². The Hall–Kier alpha value is -4.06. The van der Waals surface area contributed by atoms with E-state index in [1.807, 2.05) is 60.2 Å². The van der Waals surface area contributed by atoms with Crippen LogP contribution in [-0.4, -0.2) is 31.5 Å². The first-order valence-corrected chi connectivity index (χ1v) is 12.7. The Morgan fingerprint density at radius 1 is 1.11 bits per heavy atom. The van der Waals surface area contributed by atoms with Gasteiger partial charge in [-0.1, -0.05) is 35.9 Å². The second-order valence-electron chi connectivity index (χ2n) is 8.18. The largest absolute Gasteiger partial charge is 0.306 e. The van der Waals surface area contributed by atoms with Crippen molar-refractivity contribution in [2.75, 3.05) is 11.6 Å². The molecule has 0 bridgehead atoms. The first-order chi connectivity index (χ1) is 17.5. The summed E-state index contributed by atoms with van der Waals surface area (Å²) >= 11 is 7.88. The van der Waals surface area contributed by atoms with Crippen LogP contribution in [0.5, 0.6) is 0 Å². The SMILES string of the molecule is CSc1ccc(Cl)c(C(=O)Nc2cc(C)nn2-c2nc3ccccc3n2Cc2ccc(C#N)cc2)c1. The molecule has 2 heterocycles. The van der Waals surface area contributed by atoms with E-state index in [2.05, 4.69) is 16.5 Å². The van der Waals surface area contributed by atoms with Crippen LogP contribution in [0, 0.1) is 18.3 Å². The third-order valence-corrected chi connectivity index (χ3v) is 6.79. The predicted octanol–water partition coefficient (Wildman–Crippen LogP) is 6.08. The van der Waals surface area contributed by atoms with Gasteiger partial charge < -0.3 is 9.88 Å². The molecule has 2 aromatic heterocycles. The number of aryl methyl sites for hydroxylation is 1. The molecule has 0 atom stereocenters. The van der Waals surface area contributed by atoms with Crippen LogP contribution in [0.2, 0.25) is 5.02 Å². The summed E-state index contributed by atoms with van der Waals surface area (Å²) in [6, 6.07) is 24.6. The van der Waals surface area contributed by atoms with E-state index >= 15 is 0 Å². The number of thioether (sulfide) groups is 1. The van der Waals surface area contributed by atoms with Gasteiger partial charge in [-0.15, -0.1) is 11.8 Å². The first kappa shape index (κ1) is 23.7. The fourth-order valence-electron chi connectivity index (χ4n) is 3.98. The van der Waals surface area contributed by atoms with Gasteiger partial charge >= 0.3 is 0 Å². The molecule has 0 aliphatic rings. The molecule has 0 saturated carbocycles. The molecule has 0 saturated heterocycles. The van der Waals surface area contributed by atoms with Gasteiger partial charge in [-0.3, -0.25) is 4.79 Å². The van der Waals surface area contributed by atoms with Gasteiger partial charge in [-0.05, 0) is 61.2 Å². The molecule has 7 nitrogen and oxygen atoms in total. The number of hydrogen-bond acceptors (Lipinski definition) is 5. The van der Waals surface area contributed by atoms with E-state index in [-0.39, 0.29) is 5.91 Å². The highest BCUT2D eigenvalue weighted by molar-refractivity contribution is 7.98. The van der Waals surface area contributed by atoms with Gasteiger partial charge in [0.1, 0.15) is 5.82 Å². The van der Waals surface area contributed by atoms with Crippen LogP contribution in [0.4, 0.5) is 5.82 Å². The van der Waals surface area contributed by atoms with Crippen LogP contribution >= 0.6 is 23.4 Å². The van der Waals surface area contributed by atoms with Crippen LogP contribution in [-0.2, 0) is 6.54 Å². The average Bonchev–Trinajstić information content (AvgIpc) is 3.44. The summed E-state index contributed by atoms with van der Waals surface area (Å²) in [5, 5.41) is 17.1. The minimum atomic E-state index is -0.327. The van der Waals surface area contributed by atoms with E-state index in [4.69, 9.17) is 21.8 Å². The number of carbonyl (C=O) groups is 1. The monoisotopic (exact) mass is 512 g/mol. The minimum absolute atomic E-state index is 0.327. The zero-order valence-corrected chi connectivity index (χ0v) is 21.1. The molecule has 0 aliphatic heterocycles. The molecule has 3 aromatic carbocycles. The molecular formula is C27H21ClN6OS. The third kappa shape index (κ3) is 4.59. The fourth-order valence-corrected chi connectivity index (χ4v) is 4.62. The van der Waals surface area contributed by atoms with Gasteiger partial charge in [0.15, 0.2) is 0 Å². The molecular weight excluding hydrogens is 492 g/mol. The number of halogens is 1. The van der Waals surface area contributed by atoms with Crippen molar-refractivity contribution in [2.45, 2.75) is 18.4 Å². The van der Waals surface area contributed by atoms with Gasteiger partial charge in [0.25, 0.3) is 5.91 Å². The maximum atomic E-state index is 13.2. The lowest BCUT2D eigenvalue weighted by molar-refractivity contribution is 0.102. The number of nitrogens with zero attached hydrogens (tertiary/aromatic N) is 5. The number of fused-ring (bicyclic) bond motifs is 1. The van der Waals surface area contributed by atoms with Crippen molar-refractivity contribution in [2.24, 2.45) is 0 Å². The van der Waals surface area contributed by atoms with E-state index in [1.54, 1.807) is 35.0 Å². The lowest BCUT2D eigenvalue weighted by Gasteiger charge is -2.13. The Labute approximate surface area is 217 Å². The maximum Gasteiger partial charge on any atom is 0.258 e. The quantitative estimate of drug-likeness (QED) is 0.278. The van der Waals surface area contributed by atoms with Crippen LogP contribution in [0.25, 0.3) is 17.0 Å². The summed E-state index contributed by atoms with van der Waals surface area (Å²) in [6.45, 7) is 2.37. The van der Waals surface area contributed by atoms with Crippen LogP contribution < -0.4 is 5.32 Å². The molecule has 1 N–H and O–H groups in total. The maximum absolute atomic E-state index is 13.2. The van der Waals surface area contributed by atoms with E-state index in [9.17, 15) is 4.79 Å². The normalized spacial score (nSPS) is 10.9. The number of carbonyl (C=O) groups excluding carboxylic acids is 1. The van der Waals surface area contributed by atoms with Gasteiger partial charge in [-0.2, -0.15) is 15.0 Å². The van der Waals surface area contributed by atoms with E-state index in [0.717, 1.165) is 27.2 Å². The number of para-hydroxylation sites is 2. The number of benzene rings is 3. The van der Waals surface area contributed by atoms with Gasteiger partial charge in [0.05, 0.1) is 45.5 Å². The Balaban J connectivity index is 1.57. The highest BCUT2D eigenvalue weighted by Gasteiger charge is 2.20. The number of anilines is 1. The molecule has 0 radical (unpaired) electrons. The van der Waals surface area contributed by atoms with Gasteiger partial charge in [0.2, 0.25) is 5.95 Å². The summed E-state index contributed by atoms with van der Waals surface area (Å²) in [5.41, 5.74) is 4.46. The molecule has 5 rings (SSSR count). The first-order valence-electron chi connectivity index (χ1n) is 11.1. The number of hydrogen-bond donors (Lipinski definition) is 1. The number of rotatable bonds is 6. The lowest BCUT2D eigenvalue weighted by atomic mass is 10.1. The smallest absolute Gasteiger partial charge is 0.258 e. The van der Waals surface area contributed by atoms with Gasteiger partial charge in [-0.25, -0.2) is 4.98 Å². The highest BCUT2D eigenvalue weighted by atomic mass is 35.5. The second-order valence-corrected chi connectivity index (χ2v) is 9.46. The van der Waals surface area contributed by atoms with Crippen molar-refractivity contribution < 1.29 is 4.79 Å². The molecule has 9 heteroatoms. The number of nitriles is 1. The fraction of sp³-hybridized carbons (Fsp3) is 0.111. The van der Waals surface area contributed by atoms with Crippen molar-refractivity contribution in [1.82, 2.24) is 19.3 Å². The Morgan fingerprint density at radius 3 is 2.64 bits per heavy atom. The minimum Gasteiger partial charge on any atom is -0.306 e. The molecule has 5 aromatic rings. The second kappa shape index (κ2) is 9.90. The van der Waals surface area contributed by atoms with Crippen molar-refractivity contribution in [1.29, 1.82) is 5.26 Å². The average molecular weight is 513 g/mol. The number of aromatic nitrogens is 4. The van der Waals surface area contributed by atoms with E-state index in [0.29, 0.717) is 34.5 Å². The Bertz CT molecular complexity index is 1630. The molecule has 0 aliphatic carbocycles. The Morgan fingerprint density at radius 2 is 1.89 bits per heavy atom. The summed E-state index contributed by atoms with van der Waals surface area (Å²) in [4.78, 5) is 19.0. The Kier molecular flexibility index (Phi) is 6.51. The molecule has 0 unspecified atom stereocenters. The van der Waals surface area contributed by atoms with E-state index in [1.165, 1.54) is 11.8 Å². The van der Waals surface area contributed by atoms with E-state index < -0.39 is 0 Å². The van der Waals surface area contributed by atoms with Crippen molar-refractivity contribution >= 4 is 46.1 Å². The highest BCUT2D eigenvalue weighted by Crippen LogP contribution is 2.27. The van der Waals surface area contributed by atoms with Crippen LogP contribution in [0.15, 0.2) is 77.7 Å². The molecule has 0 fully saturated rings. The summed E-state index contributed by atoms with van der Waals surface area (Å²) in [7, 11) is 0. The van der Waals surface area contributed by atoms with Crippen LogP contribution in [0.1, 0.15) is 27.2 Å². The summed E-state index contributed by atoms with van der Waals surface area (Å²) in [5.74, 6) is 0.722. The summed E-state index contributed by atoms with van der Waals surface area (Å²) < 4.78 is 3.68. The molecule has 0 spiro atoms. The van der Waals surface area contributed by atoms with Crippen molar-refractivity contribution in [3.05, 3.63) is 100 Å². The lowest BCUT2D eigenvalue weighted by Crippen LogP contribution is -2.18. The topological polar surface area (TPSA) is 88.5 Å². The summed E-state index contributed by atoms with van der Waals surface area (Å²) in [6.07, 6.45) is 1.95. The number of imidazole rings is 1. The number of amides is 1. The van der Waals surface area contributed by atoms with Crippen molar-refractivity contribution in [3.63, 3.8) is 0 Å². The number of nitrogens with one attached hydrogen (secondary N) is 1. The van der Waals surface area contributed by atoms with Gasteiger partial charge in [0, 0.05) is 11.0 Å². The predicted molar refractivity (Wildman–Crippen MR) is 143 cm³/mol. The standard InChI is InChI=1S/C27H21ClN6OS/c1-17-13-25(31-26(35)21-14-20(36-2)11-12-22(21)28)34(32-17)27-30-23-5-3-4-6-24(23)33(27)16-19-9-7-18(15-29)8-10-19/h3-14H,16H2,1-2H3,(H,31,35). The molecule has 36 heavy (non-hydrogen) atoms. The third-order valence-electron chi connectivity index (χ3n) is 5.74.